The van der Waals surface area contributed by atoms with Gasteiger partial charge in [0.2, 0.25) is 0 Å². The Balaban J connectivity index is 1.53. The zero-order valence-electron chi connectivity index (χ0n) is 10.7. The third-order valence-corrected chi connectivity index (χ3v) is 10.9. The average molecular weight is 406 g/mol. The van der Waals surface area contributed by atoms with Crippen molar-refractivity contribution in [3.8, 4) is 0 Å². The predicted octanol–water partition coefficient (Wildman–Crippen LogP) is 1.51. The van der Waals surface area contributed by atoms with E-state index in [1.165, 1.54) is 0 Å². The summed E-state index contributed by atoms with van der Waals surface area (Å²) in [6, 6.07) is 0. The molecule has 8 aliphatic rings. The van der Waals surface area contributed by atoms with E-state index in [9.17, 15) is 0 Å². The van der Waals surface area contributed by atoms with E-state index in [-0.39, 0.29) is 8.65 Å². The van der Waals surface area contributed by atoms with Crippen LogP contribution in [0, 0.1) is 35.5 Å². The second-order valence-electron chi connectivity index (χ2n) is 7.42. The number of hydrogen-bond acceptors (Lipinski definition) is 4. The van der Waals surface area contributed by atoms with Crippen LogP contribution < -0.4 is 0 Å². The molecule has 8 rings (SSSR count). The summed E-state index contributed by atoms with van der Waals surface area (Å²) in [5.74, 6) is 2.47. The van der Waals surface area contributed by atoms with E-state index < -0.39 is 11.6 Å². The molecule has 0 N–H and O–H groups in total. The van der Waals surface area contributed by atoms with Crippen LogP contribution in [0.5, 0.6) is 0 Å². The lowest BCUT2D eigenvalue weighted by molar-refractivity contribution is -0.229. The van der Waals surface area contributed by atoms with Gasteiger partial charge in [-0.05, 0) is 23.7 Å². The third kappa shape index (κ3) is 0.636. The Morgan fingerprint density at radius 2 is 0.850 bits per heavy atom. The van der Waals surface area contributed by atoms with Crippen LogP contribution >= 0.6 is 31.9 Å². The van der Waals surface area contributed by atoms with Gasteiger partial charge in [-0.2, -0.15) is 0 Å². The lowest BCUT2D eigenvalue weighted by Gasteiger charge is -2.70. The number of rotatable bonds is 0. The Morgan fingerprint density at radius 1 is 0.550 bits per heavy atom. The molecule has 8 fully saturated rings. The second kappa shape index (κ2) is 2.71. The standard InChI is InChI=1S/C14H14Br2O4/c15-11-5-6-8(11)10-9(13(11)17-1-2-18-13)7(5)12(6,16)14(10)19-3-4-20-14/h5-10H,1-4H2/t5-,6-,7-,8-,9+,10+,11-,12+/m1/s1. The maximum Gasteiger partial charge on any atom is 0.188 e. The van der Waals surface area contributed by atoms with Gasteiger partial charge in [-0.15, -0.1) is 0 Å². The van der Waals surface area contributed by atoms with Crippen LogP contribution in [0.15, 0.2) is 0 Å². The van der Waals surface area contributed by atoms with Crippen LogP contribution in [0.4, 0.5) is 0 Å². The van der Waals surface area contributed by atoms with E-state index >= 15 is 0 Å². The van der Waals surface area contributed by atoms with Gasteiger partial charge in [0.25, 0.3) is 0 Å². The fourth-order valence-corrected chi connectivity index (χ4v) is 11.0. The zero-order valence-corrected chi connectivity index (χ0v) is 13.9. The molecule has 2 spiro atoms. The summed E-state index contributed by atoms with van der Waals surface area (Å²) >= 11 is 8.19. The molecule has 6 heteroatoms. The highest BCUT2D eigenvalue weighted by Crippen LogP contribution is 2.99. The van der Waals surface area contributed by atoms with Crippen LogP contribution in [-0.4, -0.2) is 46.7 Å². The Morgan fingerprint density at radius 3 is 1.20 bits per heavy atom. The zero-order chi connectivity index (χ0) is 13.1. The second-order valence-corrected chi connectivity index (χ2v) is 10.0. The fourth-order valence-electron chi connectivity index (χ4n) is 7.71. The van der Waals surface area contributed by atoms with Gasteiger partial charge in [0.1, 0.15) is 0 Å². The Hall–Kier alpha value is 0.800. The summed E-state index contributed by atoms with van der Waals surface area (Å²) in [5.41, 5.74) is 0. The molecule has 2 heterocycles. The maximum absolute atomic E-state index is 6.23. The van der Waals surface area contributed by atoms with Crippen molar-refractivity contribution in [1.29, 1.82) is 0 Å². The molecule has 0 radical (unpaired) electrons. The molecule has 2 saturated heterocycles. The largest absolute Gasteiger partial charge is 0.346 e. The fraction of sp³-hybridized carbons (Fsp3) is 1.00. The van der Waals surface area contributed by atoms with Gasteiger partial charge in [-0.25, -0.2) is 0 Å². The van der Waals surface area contributed by atoms with Crippen molar-refractivity contribution >= 4 is 31.9 Å². The molecule has 8 atom stereocenters. The predicted molar refractivity (Wildman–Crippen MR) is 73.5 cm³/mol. The monoisotopic (exact) mass is 404 g/mol. The molecule has 6 aliphatic carbocycles. The summed E-state index contributed by atoms with van der Waals surface area (Å²) in [7, 11) is 0. The van der Waals surface area contributed by atoms with Crippen LogP contribution in [0.3, 0.4) is 0 Å². The van der Waals surface area contributed by atoms with Crippen molar-refractivity contribution < 1.29 is 18.9 Å². The maximum atomic E-state index is 6.23. The van der Waals surface area contributed by atoms with Crippen molar-refractivity contribution in [3.63, 3.8) is 0 Å². The summed E-state index contributed by atoms with van der Waals surface area (Å²) < 4.78 is 25.0. The highest BCUT2D eigenvalue weighted by molar-refractivity contribution is 9.10. The molecule has 0 aromatic heterocycles. The van der Waals surface area contributed by atoms with Crippen molar-refractivity contribution in [1.82, 2.24) is 0 Å². The van der Waals surface area contributed by atoms with E-state index in [2.05, 4.69) is 31.9 Å². The number of hydrogen-bond donors (Lipinski definition) is 0. The number of alkyl halides is 2. The summed E-state index contributed by atoms with van der Waals surface area (Å²) in [6.07, 6.45) is 0. The topological polar surface area (TPSA) is 36.9 Å². The van der Waals surface area contributed by atoms with Gasteiger partial charge in [-0.1, -0.05) is 31.9 Å². The molecular weight excluding hydrogens is 392 g/mol. The molecule has 108 valence electrons. The molecular formula is C14H14Br2O4. The smallest absolute Gasteiger partial charge is 0.188 e. The van der Waals surface area contributed by atoms with Crippen molar-refractivity contribution in [2.75, 3.05) is 26.4 Å². The molecule has 0 aromatic carbocycles. The lowest BCUT2D eigenvalue weighted by Crippen LogP contribution is -2.76. The van der Waals surface area contributed by atoms with Crippen LogP contribution in [0.1, 0.15) is 0 Å². The van der Waals surface area contributed by atoms with Crippen LogP contribution in [0.25, 0.3) is 0 Å². The first-order chi connectivity index (χ1) is 9.65. The van der Waals surface area contributed by atoms with Gasteiger partial charge >= 0.3 is 0 Å². The molecule has 20 heavy (non-hydrogen) atoms. The van der Waals surface area contributed by atoms with E-state index in [0.717, 1.165) is 26.4 Å². The van der Waals surface area contributed by atoms with Crippen LogP contribution in [0.2, 0.25) is 0 Å². The normalized spacial score (nSPS) is 71.1. The Labute approximate surface area is 133 Å². The van der Waals surface area contributed by atoms with E-state index in [4.69, 9.17) is 18.9 Å². The minimum Gasteiger partial charge on any atom is -0.346 e. The first-order valence-electron chi connectivity index (χ1n) is 7.58. The molecule has 0 unspecified atom stereocenters. The average Bonchev–Trinajstić information content (AvgIpc) is 3.19. The lowest BCUT2D eigenvalue weighted by atomic mass is 9.40. The van der Waals surface area contributed by atoms with Gasteiger partial charge in [0.15, 0.2) is 11.6 Å². The van der Waals surface area contributed by atoms with Crippen molar-refractivity contribution in [2.24, 2.45) is 35.5 Å². The van der Waals surface area contributed by atoms with E-state index in [1.54, 1.807) is 0 Å². The van der Waals surface area contributed by atoms with Crippen molar-refractivity contribution in [3.05, 3.63) is 0 Å². The van der Waals surface area contributed by atoms with E-state index in [0.29, 0.717) is 35.5 Å². The summed E-state index contributed by atoms with van der Waals surface area (Å²) in [4.78, 5) is 0. The SMILES string of the molecule is Br[C@]12[C@@H]3[C@@H]4[C@@H]1[C@H]1[C@H]([C@@H]3[C@]4(Br)C13OCCO3)C21OCCO1. The highest BCUT2D eigenvalue weighted by Gasteiger charge is 3.08. The third-order valence-electron chi connectivity index (χ3n) is 7.64. The molecule has 0 amide bonds. The van der Waals surface area contributed by atoms with Gasteiger partial charge in [0, 0.05) is 11.8 Å². The molecule has 0 aromatic rings. The summed E-state index contributed by atoms with van der Waals surface area (Å²) in [5, 5.41) is 0. The molecule has 4 bridgehead atoms. The quantitative estimate of drug-likeness (QED) is 0.572. The molecule has 6 saturated carbocycles. The highest BCUT2D eigenvalue weighted by atomic mass is 79.9. The minimum atomic E-state index is -0.414. The van der Waals surface area contributed by atoms with Crippen LogP contribution in [-0.2, 0) is 18.9 Å². The van der Waals surface area contributed by atoms with Gasteiger partial charge in [0.05, 0.1) is 35.1 Å². The Kier molecular flexibility index (Phi) is 1.54. The first kappa shape index (κ1) is 11.4. The number of halogens is 2. The first-order valence-corrected chi connectivity index (χ1v) is 9.17. The van der Waals surface area contributed by atoms with Gasteiger partial charge < -0.3 is 18.9 Å². The number of ether oxygens (including phenoxy) is 4. The van der Waals surface area contributed by atoms with E-state index in [1.807, 2.05) is 0 Å². The molecule has 4 nitrogen and oxygen atoms in total. The summed E-state index contributed by atoms with van der Waals surface area (Å²) in [6.45, 7) is 2.88. The minimum absolute atomic E-state index is 0.0112. The van der Waals surface area contributed by atoms with Crippen molar-refractivity contribution in [2.45, 2.75) is 20.2 Å². The molecule has 2 aliphatic heterocycles. The van der Waals surface area contributed by atoms with Gasteiger partial charge in [-0.3, -0.25) is 0 Å². The Bertz CT molecular complexity index is 522.